The van der Waals surface area contributed by atoms with Crippen LogP contribution in [0.25, 0.3) is 0 Å². The third-order valence-corrected chi connectivity index (χ3v) is 3.56. The smallest absolute Gasteiger partial charge is 0.309 e. The van der Waals surface area contributed by atoms with E-state index in [0.29, 0.717) is 10.8 Å². The summed E-state index contributed by atoms with van der Waals surface area (Å²) in [5.41, 5.74) is 1.60. The van der Waals surface area contributed by atoms with Gasteiger partial charge in [0.1, 0.15) is 5.75 Å². The summed E-state index contributed by atoms with van der Waals surface area (Å²) in [6, 6.07) is 14.4. The fourth-order valence-corrected chi connectivity index (χ4v) is 2.15. The molecule has 0 heterocycles. The van der Waals surface area contributed by atoms with Crippen molar-refractivity contribution in [2.24, 2.45) is 0 Å². The molecule has 0 unspecified atom stereocenters. The van der Waals surface area contributed by atoms with Gasteiger partial charge in [0.05, 0.1) is 7.11 Å². The quantitative estimate of drug-likeness (QED) is 0.825. The molecule has 120 valence electrons. The van der Waals surface area contributed by atoms with Crippen LogP contribution in [0, 0.1) is 0 Å². The summed E-state index contributed by atoms with van der Waals surface area (Å²) >= 11 is 5.99. The number of hydrogen-bond donors (Lipinski definition) is 2. The molecule has 0 aliphatic rings. The van der Waals surface area contributed by atoms with E-state index in [1.54, 1.807) is 31.4 Å². The number of carbonyl (C=O) groups excluding carboxylic acids is 2. The Hall–Kier alpha value is -2.53. The number of nitrogens with one attached hydrogen (secondary N) is 2. The summed E-state index contributed by atoms with van der Waals surface area (Å²) in [5.74, 6) is -0.701. The Morgan fingerprint density at radius 2 is 1.70 bits per heavy atom. The Kier molecular flexibility index (Phi) is 6.00. The highest BCUT2D eigenvalue weighted by Gasteiger charge is 2.13. The highest BCUT2D eigenvalue weighted by atomic mass is 35.5. The maximum absolute atomic E-state index is 11.8. The molecule has 0 aromatic heterocycles. The van der Waals surface area contributed by atoms with Crippen LogP contribution >= 0.6 is 11.6 Å². The molecule has 2 amide bonds. The number of amides is 2. The number of benzene rings is 2. The molecule has 0 spiro atoms. The molecule has 2 aromatic carbocycles. The third kappa shape index (κ3) is 5.00. The van der Waals surface area contributed by atoms with E-state index in [9.17, 15) is 9.59 Å². The number of carbonyl (C=O) groups is 2. The number of methoxy groups -OCH3 is 1. The molecule has 0 aliphatic heterocycles. The van der Waals surface area contributed by atoms with Gasteiger partial charge in [-0.15, -0.1) is 0 Å². The fourth-order valence-electron chi connectivity index (χ4n) is 1.94. The van der Waals surface area contributed by atoms with Gasteiger partial charge >= 0.3 is 11.8 Å². The molecule has 0 aliphatic carbocycles. The van der Waals surface area contributed by atoms with Crippen molar-refractivity contribution in [3.63, 3.8) is 0 Å². The van der Waals surface area contributed by atoms with Crippen LogP contribution in [0.15, 0.2) is 48.5 Å². The van der Waals surface area contributed by atoms with Gasteiger partial charge in [-0.05, 0) is 29.3 Å². The molecule has 0 radical (unpaired) electrons. The lowest BCUT2D eigenvalue weighted by molar-refractivity contribution is -0.139. The maximum Gasteiger partial charge on any atom is 0.309 e. The molecule has 5 nitrogen and oxygen atoms in total. The SMILES string of the molecule is COc1cccc(CNC(=O)C(=O)NCc2ccccc2Cl)c1. The fraction of sp³-hybridized carbons (Fsp3) is 0.176. The molecular weight excluding hydrogens is 316 g/mol. The number of hydrogen-bond acceptors (Lipinski definition) is 3. The summed E-state index contributed by atoms with van der Waals surface area (Å²) < 4.78 is 5.10. The highest BCUT2D eigenvalue weighted by Crippen LogP contribution is 2.14. The van der Waals surface area contributed by atoms with E-state index in [4.69, 9.17) is 16.3 Å². The third-order valence-electron chi connectivity index (χ3n) is 3.19. The van der Waals surface area contributed by atoms with E-state index in [0.717, 1.165) is 11.1 Å². The van der Waals surface area contributed by atoms with Gasteiger partial charge in [-0.2, -0.15) is 0 Å². The lowest BCUT2D eigenvalue weighted by Gasteiger charge is -2.08. The van der Waals surface area contributed by atoms with Crippen molar-refractivity contribution in [3.05, 3.63) is 64.7 Å². The topological polar surface area (TPSA) is 67.4 Å². The summed E-state index contributed by atoms with van der Waals surface area (Å²) in [5, 5.41) is 5.65. The van der Waals surface area contributed by atoms with Crippen LogP contribution in [-0.2, 0) is 22.7 Å². The summed E-state index contributed by atoms with van der Waals surface area (Å²) in [7, 11) is 1.57. The van der Waals surface area contributed by atoms with Crippen molar-refractivity contribution in [2.75, 3.05) is 7.11 Å². The normalized spacial score (nSPS) is 10.0. The van der Waals surface area contributed by atoms with Crippen LogP contribution in [-0.4, -0.2) is 18.9 Å². The first-order valence-corrected chi connectivity index (χ1v) is 7.40. The first-order chi connectivity index (χ1) is 11.1. The minimum Gasteiger partial charge on any atom is -0.497 e. The average molecular weight is 333 g/mol. The summed E-state index contributed by atoms with van der Waals surface area (Å²) in [6.45, 7) is 0.445. The van der Waals surface area contributed by atoms with E-state index in [1.165, 1.54) is 0 Å². The molecule has 0 saturated carbocycles. The molecular formula is C17H17ClN2O3. The summed E-state index contributed by atoms with van der Waals surface area (Å²) in [4.78, 5) is 23.6. The Morgan fingerprint density at radius 1 is 1.00 bits per heavy atom. The van der Waals surface area contributed by atoms with Crippen molar-refractivity contribution >= 4 is 23.4 Å². The zero-order valence-corrected chi connectivity index (χ0v) is 13.4. The molecule has 2 aromatic rings. The van der Waals surface area contributed by atoms with Crippen LogP contribution in [0.2, 0.25) is 5.02 Å². The molecule has 0 atom stereocenters. The standard InChI is InChI=1S/C17H17ClN2O3/c1-23-14-7-4-5-12(9-14)10-19-16(21)17(22)20-11-13-6-2-3-8-15(13)18/h2-9H,10-11H2,1H3,(H,19,21)(H,20,22). The minimum absolute atomic E-state index is 0.199. The second-order valence-corrected chi connectivity index (χ2v) is 5.22. The summed E-state index contributed by atoms with van der Waals surface area (Å²) in [6.07, 6.45) is 0. The second kappa shape index (κ2) is 8.19. The van der Waals surface area contributed by atoms with Gasteiger partial charge < -0.3 is 15.4 Å². The second-order valence-electron chi connectivity index (χ2n) is 4.81. The lowest BCUT2D eigenvalue weighted by Crippen LogP contribution is -2.39. The molecule has 23 heavy (non-hydrogen) atoms. The van der Waals surface area contributed by atoms with Crippen molar-refractivity contribution in [1.82, 2.24) is 10.6 Å². The Balaban J connectivity index is 1.83. The number of halogens is 1. The maximum atomic E-state index is 11.8. The van der Waals surface area contributed by atoms with Crippen LogP contribution in [0.4, 0.5) is 0 Å². The van der Waals surface area contributed by atoms with E-state index >= 15 is 0 Å². The van der Waals surface area contributed by atoms with Crippen molar-refractivity contribution in [3.8, 4) is 5.75 Å². The first-order valence-electron chi connectivity index (χ1n) is 7.02. The van der Waals surface area contributed by atoms with Crippen molar-refractivity contribution in [2.45, 2.75) is 13.1 Å². The van der Waals surface area contributed by atoms with Crippen LogP contribution in [0.1, 0.15) is 11.1 Å². The van der Waals surface area contributed by atoms with Gasteiger partial charge in [-0.25, -0.2) is 0 Å². The highest BCUT2D eigenvalue weighted by molar-refractivity contribution is 6.35. The van der Waals surface area contributed by atoms with Crippen LogP contribution in [0.3, 0.4) is 0 Å². The predicted molar refractivity (Wildman–Crippen MR) is 88.1 cm³/mol. The zero-order valence-electron chi connectivity index (χ0n) is 12.6. The van der Waals surface area contributed by atoms with E-state index in [2.05, 4.69) is 10.6 Å². The van der Waals surface area contributed by atoms with E-state index < -0.39 is 11.8 Å². The lowest BCUT2D eigenvalue weighted by atomic mass is 10.2. The largest absolute Gasteiger partial charge is 0.497 e. The monoisotopic (exact) mass is 332 g/mol. The van der Waals surface area contributed by atoms with Crippen molar-refractivity contribution < 1.29 is 14.3 Å². The number of ether oxygens (including phenoxy) is 1. The van der Waals surface area contributed by atoms with Gasteiger partial charge in [0, 0.05) is 18.1 Å². The van der Waals surface area contributed by atoms with Crippen molar-refractivity contribution in [1.29, 1.82) is 0 Å². The van der Waals surface area contributed by atoms with E-state index in [1.807, 2.05) is 24.3 Å². The Labute approximate surface area is 139 Å². The number of rotatable bonds is 5. The Morgan fingerprint density at radius 3 is 2.39 bits per heavy atom. The molecule has 0 fully saturated rings. The molecule has 2 rings (SSSR count). The predicted octanol–water partition coefficient (Wildman–Crippen LogP) is 2.28. The van der Waals surface area contributed by atoms with E-state index in [-0.39, 0.29) is 13.1 Å². The van der Waals surface area contributed by atoms with Gasteiger partial charge in [-0.1, -0.05) is 41.9 Å². The van der Waals surface area contributed by atoms with Crippen LogP contribution < -0.4 is 15.4 Å². The zero-order chi connectivity index (χ0) is 16.7. The molecule has 6 heteroatoms. The first kappa shape index (κ1) is 16.8. The van der Waals surface area contributed by atoms with Gasteiger partial charge in [-0.3, -0.25) is 9.59 Å². The Bertz CT molecular complexity index is 704. The van der Waals surface area contributed by atoms with Crippen LogP contribution in [0.5, 0.6) is 5.75 Å². The average Bonchev–Trinajstić information content (AvgIpc) is 2.58. The molecule has 0 bridgehead atoms. The van der Waals surface area contributed by atoms with Gasteiger partial charge in [0.15, 0.2) is 0 Å². The molecule has 2 N–H and O–H groups in total. The minimum atomic E-state index is -0.701. The molecule has 0 saturated heterocycles. The van der Waals surface area contributed by atoms with Gasteiger partial charge in [0.25, 0.3) is 0 Å². The van der Waals surface area contributed by atoms with Gasteiger partial charge in [0.2, 0.25) is 0 Å².